The maximum atomic E-state index is 12.8. The molecule has 2 aromatic carbocycles. The number of anilines is 1. The molecule has 1 amide bonds. The molecule has 0 radical (unpaired) electrons. The number of halogens is 1. The largest absolute Gasteiger partial charge is 0.495 e. The van der Waals surface area contributed by atoms with Crippen LogP contribution in [0, 0.1) is 0 Å². The molecule has 0 unspecified atom stereocenters. The van der Waals surface area contributed by atoms with Crippen molar-refractivity contribution < 1.29 is 27.4 Å². The van der Waals surface area contributed by atoms with E-state index in [0.29, 0.717) is 17.2 Å². The van der Waals surface area contributed by atoms with Crippen LogP contribution >= 0.6 is 11.6 Å². The van der Waals surface area contributed by atoms with Crippen molar-refractivity contribution in [1.82, 2.24) is 4.90 Å². The molecule has 1 atom stereocenters. The number of fused-ring (bicyclic) bond motifs is 1. The summed E-state index contributed by atoms with van der Waals surface area (Å²) in [6.45, 7) is 1.49. The molecule has 1 fully saturated rings. The Morgan fingerprint density at radius 2 is 1.90 bits per heavy atom. The first-order chi connectivity index (χ1) is 14.9. The first-order valence-electron chi connectivity index (χ1n) is 9.96. The summed E-state index contributed by atoms with van der Waals surface area (Å²) in [7, 11) is -2.41. The zero-order valence-corrected chi connectivity index (χ0v) is 18.5. The highest BCUT2D eigenvalue weighted by Gasteiger charge is 2.32. The summed E-state index contributed by atoms with van der Waals surface area (Å²) in [5.41, 5.74) is 0.299. The first kappa shape index (κ1) is 21.6. The van der Waals surface area contributed by atoms with Gasteiger partial charge in [0.05, 0.1) is 22.7 Å². The smallest absolute Gasteiger partial charge is 0.267 e. The van der Waals surface area contributed by atoms with Gasteiger partial charge >= 0.3 is 0 Å². The Labute approximate surface area is 186 Å². The van der Waals surface area contributed by atoms with Crippen molar-refractivity contribution in [1.29, 1.82) is 0 Å². The summed E-state index contributed by atoms with van der Waals surface area (Å²) >= 11 is 6.07. The van der Waals surface area contributed by atoms with Crippen molar-refractivity contribution in [3.63, 3.8) is 0 Å². The van der Waals surface area contributed by atoms with Gasteiger partial charge in [-0.1, -0.05) is 11.6 Å². The molecule has 2 heterocycles. The van der Waals surface area contributed by atoms with E-state index in [1.807, 2.05) is 0 Å². The summed E-state index contributed by atoms with van der Waals surface area (Å²) in [5.74, 6) is 0.962. The lowest BCUT2D eigenvalue weighted by atomic mass is 10.1. The fraction of sp³-hybridized carbons (Fsp3) is 0.381. The molecule has 0 saturated carbocycles. The van der Waals surface area contributed by atoms with E-state index < -0.39 is 16.1 Å². The van der Waals surface area contributed by atoms with Crippen LogP contribution in [0.2, 0.25) is 5.02 Å². The van der Waals surface area contributed by atoms with Gasteiger partial charge < -0.3 is 19.1 Å². The van der Waals surface area contributed by atoms with Crippen molar-refractivity contribution in [3.8, 4) is 17.2 Å². The standard InChI is InChI=1S/C21H23ClN2O6S/c1-28-17-7-5-14(11-16(17)22)23-31(26,27)15-6-8-18-19(12-15)29-13-20(30-18)21(25)24-9-3-2-4-10-24/h5-8,11-12,20,23H,2-4,9-10,13H2,1H3/t20-/m0/s1. The predicted molar refractivity (Wildman–Crippen MR) is 116 cm³/mol. The number of ether oxygens (including phenoxy) is 3. The lowest BCUT2D eigenvalue weighted by Gasteiger charge is -2.32. The topological polar surface area (TPSA) is 94.2 Å². The van der Waals surface area contributed by atoms with Crippen molar-refractivity contribution in [2.75, 3.05) is 31.5 Å². The number of hydrogen-bond acceptors (Lipinski definition) is 6. The lowest BCUT2D eigenvalue weighted by molar-refractivity contribution is -0.142. The number of piperidine rings is 1. The van der Waals surface area contributed by atoms with Gasteiger partial charge in [-0.05, 0) is 49.6 Å². The van der Waals surface area contributed by atoms with Gasteiger partial charge in [0, 0.05) is 19.2 Å². The second-order valence-electron chi connectivity index (χ2n) is 7.37. The number of rotatable bonds is 5. The van der Waals surface area contributed by atoms with Crippen LogP contribution < -0.4 is 18.9 Å². The van der Waals surface area contributed by atoms with Crippen LogP contribution in [0.3, 0.4) is 0 Å². The molecule has 4 rings (SSSR count). The molecule has 1 saturated heterocycles. The average Bonchev–Trinajstić information content (AvgIpc) is 2.78. The molecule has 0 aromatic heterocycles. The molecule has 10 heteroatoms. The first-order valence-corrected chi connectivity index (χ1v) is 11.8. The molecule has 0 bridgehead atoms. The van der Waals surface area contributed by atoms with Crippen LogP contribution in [0.5, 0.6) is 17.2 Å². The quantitative estimate of drug-likeness (QED) is 0.726. The number of nitrogens with zero attached hydrogens (tertiary/aromatic N) is 1. The number of carbonyl (C=O) groups excluding carboxylic acids is 1. The maximum Gasteiger partial charge on any atom is 0.267 e. The normalized spacial score (nSPS) is 18.4. The lowest BCUT2D eigenvalue weighted by Crippen LogP contribution is -2.48. The van der Waals surface area contributed by atoms with Gasteiger partial charge in [0.1, 0.15) is 12.4 Å². The average molecular weight is 467 g/mol. The minimum Gasteiger partial charge on any atom is -0.495 e. The Hall–Kier alpha value is -2.65. The van der Waals surface area contributed by atoms with Crippen molar-refractivity contribution >= 4 is 33.2 Å². The van der Waals surface area contributed by atoms with Gasteiger partial charge in [-0.15, -0.1) is 0 Å². The highest BCUT2D eigenvalue weighted by molar-refractivity contribution is 7.92. The van der Waals surface area contributed by atoms with E-state index in [2.05, 4.69) is 4.72 Å². The molecule has 0 aliphatic carbocycles. The molecular formula is C21H23ClN2O6S. The summed E-state index contributed by atoms with van der Waals surface area (Å²) in [6, 6.07) is 8.88. The van der Waals surface area contributed by atoms with Gasteiger partial charge in [0.15, 0.2) is 11.5 Å². The molecule has 2 aromatic rings. The van der Waals surface area contributed by atoms with E-state index >= 15 is 0 Å². The maximum absolute atomic E-state index is 12.8. The van der Waals surface area contributed by atoms with E-state index in [4.69, 9.17) is 25.8 Å². The fourth-order valence-electron chi connectivity index (χ4n) is 3.60. The van der Waals surface area contributed by atoms with Crippen molar-refractivity contribution in [2.45, 2.75) is 30.3 Å². The van der Waals surface area contributed by atoms with Gasteiger partial charge in [-0.25, -0.2) is 8.42 Å². The molecule has 31 heavy (non-hydrogen) atoms. The van der Waals surface area contributed by atoms with Crippen LogP contribution in [-0.4, -0.2) is 52.1 Å². The number of amides is 1. The van der Waals surface area contributed by atoms with E-state index in [1.165, 1.54) is 31.4 Å². The second-order valence-corrected chi connectivity index (χ2v) is 9.46. The van der Waals surface area contributed by atoms with Gasteiger partial charge in [0.25, 0.3) is 15.9 Å². The number of hydrogen-bond donors (Lipinski definition) is 1. The van der Waals surface area contributed by atoms with Gasteiger partial charge in [0.2, 0.25) is 6.10 Å². The monoisotopic (exact) mass is 466 g/mol. The minimum absolute atomic E-state index is 0.00241. The summed E-state index contributed by atoms with van der Waals surface area (Å²) in [5, 5.41) is 0.286. The van der Waals surface area contributed by atoms with Crippen LogP contribution in [0.1, 0.15) is 19.3 Å². The van der Waals surface area contributed by atoms with Crippen LogP contribution in [0.15, 0.2) is 41.3 Å². The number of likely N-dealkylation sites (tertiary alicyclic amines) is 1. The van der Waals surface area contributed by atoms with Crippen LogP contribution in [0.25, 0.3) is 0 Å². The molecule has 2 aliphatic rings. The number of methoxy groups -OCH3 is 1. The van der Waals surface area contributed by atoms with Crippen LogP contribution in [-0.2, 0) is 14.8 Å². The zero-order valence-electron chi connectivity index (χ0n) is 17.0. The Kier molecular flexibility index (Phi) is 6.15. The van der Waals surface area contributed by atoms with Crippen molar-refractivity contribution in [2.24, 2.45) is 0 Å². The summed E-state index contributed by atoms with van der Waals surface area (Å²) < 4.78 is 44.6. The van der Waals surface area contributed by atoms with E-state index in [-0.39, 0.29) is 28.2 Å². The molecule has 1 N–H and O–H groups in total. The highest BCUT2D eigenvalue weighted by atomic mass is 35.5. The third-order valence-corrected chi connectivity index (χ3v) is 6.91. The Morgan fingerprint density at radius 3 is 2.61 bits per heavy atom. The van der Waals surface area contributed by atoms with Crippen LogP contribution in [0.4, 0.5) is 5.69 Å². The fourth-order valence-corrected chi connectivity index (χ4v) is 4.92. The molecule has 8 nitrogen and oxygen atoms in total. The van der Waals surface area contributed by atoms with E-state index in [9.17, 15) is 13.2 Å². The number of carbonyl (C=O) groups is 1. The minimum atomic E-state index is -3.89. The second kappa shape index (κ2) is 8.84. The molecule has 0 spiro atoms. The Bertz CT molecular complexity index is 1090. The molecule has 166 valence electrons. The number of benzene rings is 2. The molecular weight excluding hydrogens is 444 g/mol. The number of nitrogens with one attached hydrogen (secondary N) is 1. The number of sulfonamides is 1. The third kappa shape index (κ3) is 4.67. The van der Waals surface area contributed by atoms with Gasteiger partial charge in [-0.3, -0.25) is 9.52 Å². The Balaban J connectivity index is 1.48. The summed E-state index contributed by atoms with van der Waals surface area (Å²) in [6.07, 6.45) is 2.38. The SMILES string of the molecule is COc1ccc(NS(=O)(=O)c2ccc3c(c2)OC[C@@H](C(=O)N2CCCCC2)O3)cc1Cl. The zero-order chi connectivity index (χ0) is 22.0. The molecule has 2 aliphatic heterocycles. The summed E-state index contributed by atoms with van der Waals surface area (Å²) in [4.78, 5) is 14.5. The Morgan fingerprint density at radius 1 is 1.13 bits per heavy atom. The van der Waals surface area contributed by atoms with E-state index in [0.717, 1.165) is 32.4 Å². The van der Waals surface area contributed by atoms with Gasteiger partial charge in [-0.2, -0.15) is 0 Å². The third-order valence-electron chi connectivity index (χ3n) is 5.23. The highest BCUT2D eigenvalue weighted by Crippen LogP contribution is 2.35. The van der Waals surface area contributed by atoms with Crippen molar-refractivity contribution in [3.05, 3.63) is 41.4 Å². The van der Waals surface area contributed by atoms with E-state index in [1.54, 1.807) is 17.0 Å². The predicted octanol–water partition coefficient (Wildman–Crippen LogP) is 3.30.